The standard InChI is InChI=1S/C41H85N/c1-4-7-10-12-14-16-18-20-22-24-26-28-30-32-34-37-40-42(39-36-9-6-3)41-38-35-33-31-29-27-25-23-21-19-17-15-13-11-8-5-2/h4-41H2,1-3H3. The second kappa shape index (κ2) is 39.0. The zero-order valence-corrected chi connectivity index (χ0v) is 30.3. The molecule has 0 spiro atoms. The topological polar surface area (TPSA) is 3.24 Å². The number of hydrogen-bond donors (Lipinski definition) is 0. The third-order valence-electron chi connectivity index (χ3n) is 9.73. The molecule has 0 amide bonds. The summed E-state index contributed by atoms with van der Waals surface area (Å²) in [6, 6.07) is 0. The molecule has 0 saturated heterocycles. The molecular weight excluding hydrogens is 506 g/mol. The lowest BCUT2D eigenvalue weighted by molar-refractivity contribution is 0.255. The van der Waals surface area contributed by atoms with Crippen molar-refractivity contribution in [3.63, 3.8) is 0 Å². The Kier molecular flexibility index (Phi) is 38.9. The van der Waals surface area contributed by atoms with E-state index in [0.717, 1.165) is 0 Å². The largest absolute Gasteiger partial charge is 0.303 e. The highest BCUT2D eigenvalue weighted by Crippen LogP contribution is 2.16. The van der Waals surface area contributed by atoms with Gasteiger partial charge in [0, 0.05) is 0 Å². The summed E-state index contributed by atoms with van der Waals surface area (Å²) in [4.78, 5) is 2.82. The SMILES string of the molecule is CCCCCCCCCCCCCCCCCCN(CCCCC)CCCCCCCCCCCCCCCCCC. The van der Waals surface area contributed by atoms with Crippen LogP contribution >= 0.6 is 0 Å². The molecule has 0 fully saturated rings. The minimum Gasteiger partial charge on any atom is -0.303 e. The molecule has 0 aromatic heterocycles. The van der Waals surface area contributed by atoms with Crippen molar-refractivity contribution >= 4 is 0 Å². The van der Waals surface area contributed by atoms with Crippen LogP contribution in [0.3, 0.4) is 0 Å². The smallest absolute Gasteiger partial charge is 0.00187 e. The van der Waals surface area contributed by atoms with Gasteiger partial charge >= 0.3 is 0 Å². The van der Waals surface area contributed by atoms with Crippen LogP contribution in [-0.4, -0.2) is 24.5 Å². The molecule has 0 aromatic carbocycles. The van der Waals surface area contributed by atoms with Crippen LogP contribution in [-0.2, 0) is 0 Å². The zero-order valence-electron chi connectivity index (χ0n) is 30.3. The van der Waals surface area contributed by atoms with E-state index in [-0.39, 0.29) is 0 Å². The van der Waals surface area contributed by atoms with E-state index in [1.807, 2.05) is 0 Å². The maximum Gasteiger partial charge on any atom is -0.00187 e. The number of rotatable bonds is 38. The summed E-state index contributed by atoms with van der Waals surface area (Å²) in [5.41, 5.74) is 0. The monoisotopic (exact) mass is 592 g/mol. The molecule has 254 valence electrons. The minimum absolute atomic E-state index is 1.35. The number of unbranched alkanes of at least 4 members (excludes halogenated alkanes) is 32. The average Bonchev–Trinajstić information content (AvgIpc) is 3.00. The van der Waals surface area contributed by atoms with Gasteiger partial charge in [0.05, 0.1) is 0 Å². The maximum absolute atomic E-state index is 2.82. The zero-order chi connectivity index (χ0) is 30.4. The Morgan fingerprint density at radius 2 is 0.333 bits per heavy atom. The van der Waals surface area contributed by atoms with E-state index in [2.05, 4.69) is 25.7 Å². The fourth-order valence-electron chi connectivity index (χ4n) is 6.69. The molecule has 1 heteroatoms. The van der Waals surface area contributed by atoms with Crippen molar-refractivity contribution < 1.29 is 0 Å². The molecule has 0 N–H and O–H groups in total. The molecule has 0 bridgehead atoms. The van der Waals surface area contributed by atoms with E-state index in [1.54, 1.807) is 0 Å². The van der Waals surface area contributed by atoms with E-state index in [1.165, 1.54) is 244 Å². The van der Waals surface area contributed by atoms with E-state index >= 15 is 0 Å². The molecule has 0 radical (unpaired) electrons. The lowest BCUT2D eigenvalue weighted by Crippen LogP contribution is -2.27. The van der Waals surface area contributed by atoms with Crippen LogP contribution < -0.4 is 0 Å². The summed E-state index contributed by atoms with van der Waals surface area (Å²) in [6.45, 7) is 11.0. The summed E-state index contributed by atoms with van der Waals surface area (Å²) in [6.07, 6.45) is 51.1. The van der Waals surface area contributed by atoms with Crippen LogP contribution in [0.4, 0.5) is 0 Å². The highest BCUT2D eigenvalue weighted by molar-refractivity contribution is 4.60. The van der Waals surface area contributed by atoms with Crippen LogP contribution in [0.2, 0.25) is 0 Å². The van der Waals surface area contributed by atoms with Gasteiger partial charge in [-0.1, -0.05) is 226 Å². The van der Waals surface area contributed by atoms with Gasteiger partial charge in [0.25, 0.3) is 0 Å². The van der Waals surface area contributed by atoms with Crippen molar-refractivity contribution in [1.82, 2.24) is 4.90 Å². The highest BCUT2D eigenvalue weighted by Gasteiger charge is 2.05. The summed E-state index contributed by atoms with van der Waals surface area (Å²) >= 11 is 0. The first-order valence-electron chi connectivity index (χ1n) is 20.6. The third kappa shape index (κ3) is 36.2. The Balaban J connectivity index is 3.52. The van der Waals surface area contributed by atoms with Crippen molar-refractivity contribution in [3.05, 3.63) is 0 Å². The Morgan fingerprint density at radius 3 is 0.548 bits per heavy atom. The Morgan fingerprint density at radius 1 is 0.190 bits per heavy atom. The fourth-order valence-corrected chi connectivity index (χ4v) is 6.69. The Labute approximate surface area is 269 Å². The molecule has 0 aliphatic rings. The fraction of sp³-hybridized carbons (Fsp3) is 1.00. The van der Waals surface area contributed by atoms with Crippen molar-refractivity contribution in [2.24, 2.45) is 0 Å². The first kappa shape index (κ1) is 42.0. The predicted molar refractivity (Wildman–Crippen MR) is 195 cm³/mol. The van der Waals surface area contributed by atoms with Crippen molar-refractivity contribution in [2.45, 2.75) is 245 Å². The second-order valence-electron chi connectivity index (χ2n) is 14.2. The molecule has 0 aliphatic carbocycles. The van der Waals surface area contributed by atoms with Crippen LogP contribution in [0.5, 0.6) is 0 Å². The Bertz CT molecular complexity index is 410. The Hall–Kier alpha value is -0.0400. The van der Waals surface area contributed by atoms with E-state index < -0.39 is 0 Å². The van der Waals surface area contributed by atoms with E-state index in [9.17, 15) is 0 Å². The van der Waals surface area contributed by atoms with Crippen molar-refractivity contribution in [1.29, 1.82) is 0 Å². The van der Waals surface area contributed by atoms with Crippen LogP contribution in [0, 0.1) is 0 Å². The van der Waals surface area contributed by atoms with Gasteiger partial charge in [-0.25, -0.2) is 0 Å². The average molecular weight is 592 g/mol. The highest BCUT2D eigenvalue weighted by atomic mass is 15.1. The molecule has 0 heterocycles. The summed E-state index contributed by atoms with van der Waals surface area (Å²) in [5, 5.41) is 0. The molecule has 0 aliphatic heterocycles. The molecule has 0 saturated carbocycles. The van der Waals surface area contributed by atoms with Crippen molar-refractivity contribution in [2.75, 3.05) is 19.6 Å². The maximum atomic E-state index is 2.82. The molecule has 0 unspecified atom stereocenters. The predicted octanol–water partition coefficient (Wildman–Crippen LogP) is 15.0. The summed E-state index contributed by atoms with van der Waals surface area (Å²) in [5.74, 6) is 0. The van der Waals surface area contributed by atoms with Gasteiger partial charge < -0.3 is 4.90 Å². The third-order valence-corrected chi connectivity index (χ3v) is 9.73. The molecule has 42 heavy (non-hydrogen) atoms. The number of nitrogens with zero attached hydrogens (tertiary/aromatic N) is 1. The molecular formula is C41H85N. The molecule has 0 aromatic rings. The summed E-state index contributed by atoms with van der Waals surface area (Å²) in [7, 11) is 0. The van der Waals surface area contributed by atoms with Gasteiger partial charge in [-0.05, 0) is 38.9 Å². The van der Waals surface area contributed by atoms with Gasteiger partial charge in [-0.15, -0.1) is 0 Å². The lowest BCUT2D eigenvalue weighted by atomic mass is 10.0. The van der Waals surface area contributed by atoms with Gasteiger partial charge in [0.15, 0.2) is 0 Å². The molecule has 0 rings (SSSR count). The van der Waals surface area contributed by atoms with Gasteiger partial charge in [0.2, 0.25) is 0 Å². The minimum atomic E-state index is 1.35. The van der Waals surface area contributed by atoms with Gasteiger partial charge in [-0.2, -0.15) is 0 Å². The summed E-state index contributed by atoms with van der Waals surface area (Å²) < 4.78 is 0. The van der Waals surface area contributed by atoms with Crippen molar-refractivity contribution in [3.8, 4) is 0 Å². The normalized spacial score (nSPS) is 11.7. The quantitative estimate of drug-likeness (QED) is 0.0645. The second-order valence-corrected chi connectivity index (χ2v) is 14.2. The van der Waals surface area contributed by atoms with Gasteiger partial charge in [-0.3, -0.25) is 0 Å². The lowest BCUT2D eigenvalue weighted by Gasteiger charge is -2.22. The van der Waals surface area contributed by atoms with Crippen LogP contribution in [0.15, 0.2) is 0 Å². The van der Waals surface area contributed by atoms with Gasteiger partial charge in [0.1, 0.15) is 0 Å². The first-order valence-corrected chi connectivity index (χ1v) is 20.6. The number of hydrogen-bond acceptors (Lipinski definition) is 1. The molecule has 1 nitrogen and oxygen atoms in total. The van der Waals surface area contributed by atoms with Crippen LogP contribution in [0.25, 0.3) is 0 Å². The molecule has 0 atom stereocenters. The van der Waals surface area contributed by atoms with E-state index in [4.69, 9.17) is 0 Å². The van der Waals surface area contributed by atoms with Crippen LogP contribution in [0.1, 0.15) is 245 Å². The first-order chi connectivity index (χ1) is 20.8. The van der Waals surface area contributed by atoms with E-state index in [0.29, 0.717) is 0 Å².